The third kappa shape index (κ3) is 5.41. The van der Waals surface area contributed by atoms with Crippen LogP contribution in [0.3, 0.4) is 0 Å². The first-order valence-corrected chi connectivity index (χ1v) is 9.20. The van der Waals surface area contributed by atoms with Crippen LogP contribution in [0.2, 0.25) is 0 Å². The highest BCUT2D eigenvalue weighted by molar-refractivity contribution is 7.09. The standard InChI is InChI=1S/C16H20N4O7S/c1-7-18-11(6-28-7)14-16(26-10(4)23)13(19-20-17)15(25-9(3)22)12(27-14)5-24-8(2)21/h6,12-16H,5H2,1-4H3/t12-,13?,14+,15+,16-/m1/s1. The van der Waals surface area contributed by atoms with E-state index in [1.807, 2.05) is 0 Å². The second kappa shape index (κ2) is 9.49. The number of esters is 3. The fraction of sp³-hybridized carbons (Fsp3) is 0.625. The van der Waals surface area contributed by atoms with E-state index in [1.54, 1.807) is 12.3 Å². The zero-order chi connectivity index (χ0) is 20.8. The maximum absolute atomic E-state index is 11.7. The Morgan fingerprint density at radius 2 is 1.86 bits per heavy atom. The topological polar surface area (TPSA) is 150 Å². The van der Waals surface area contributed by atoms with Gasteiger partial charge in [0.2, 0.25) is 0 Å². The van der Waals surface area contributed by atoms with Gasteiger partial charge in [0.05, 0.1) is 10.7 Å². The molecule has 1 fully saturated rings. The Morgan fingerprint density at radius 1 is 1.21 bits per heavy atom. The van der Waals surface area contributed by atoms with Crippen LogP contribution in [0.1, 0.15) is 37.6 Å². The Kier molecular flexibility index (Phi) is 7.32. The van der Waals surface area contributed by atoms with Gasteiger partial charge in [0.1, 0.15) is 37.1 Å². The van der Waals surface area contributed by atoms with E-state index in [0.29, 0.717) is 5.69 Å². The van der Waals surface area contributed by atoms with Gasteiger partial charge < -0.3 is 18.9 Å². The smallest absolute Gasteiger partial charge is 0.303 e. The van der Waals surface area contributed by atoms with E-state index < -0.39 is 48.4 Å². The Bertz CT molecular complexity index is 792. The van der Waals surface area contributed by atoms with E-state index in [-0.39, 0.29) is 6.61 Å². The molecule has 28 heavy (non-hydrogen) atoms. The molecule has 1 aliphatic heterocycles. The Morgan fingerprint density at radius 3 is 2.36 bits per heavy atom. The molecule has 2 heterocycles. The predicted octanol–water partition coefficient (Wildman–Crippen LogP) is 2.00. The zero-order valence-electron chi connectivity index (χ0n) is 15.7. The summed E-state index contributed by atoms with van der Waals surface area (Å²) in [7, 11) is 0. The van der Waals surface area contributed by atoms with Crippen molar-refractivity contribution in [2.75, 3.05) is 6.61 Å². The maximum atomic E-state index is 11.7. The van der Waals surface area contributed by atoms with Gasteiger partial charge in [0.25, 0.3) is 0 Å². The summed E-state index contributed by atoms with van der Waals surface area (Å²) in [4.78, 5) is 41.6. The predicted molar refractivity (Wildman–Crippen MR) is 95.1 cm³/mol. The third-order valence-corrected chi connectivity index (χ3v) is 4.62. The molecule has 0 N–H and O–H groups in total. The van der Waals surface area contributed by atoms with Crippen molar-refractivity contribution in [1.82, 2.24) is 4.98 Å². The lowest BCUT2D eigenvalue weighted by atomic mass is 9.91. The SMILES string of the molecule is CC(=O)OC[C@H]1O[C@@H](c2csc(C)n2)[C@H](OC(C)=O)C(N=[N+]=[N-])[C@H]1OC(C)=O. The molecule has 1 aromatic rings. The summed E-state index contributed by atoms with van der Waals surface area (Å²) in [6.45, 7) is 5.13. The van der Waals surface area contributed by atoms with Gasteiger partial charge in [-0.1, -0.05) is 5.11 Å². The van der Waals surface area contributed by atoms with Crippen molar-refractivity contribution in [2.24, 2.45) is 5.11 Å². The molecule has 12 heteroatoms. The van der Waals surface area contributed by atoms with Crippen LogP contribution < -0.4 is 0 Å². The third-order valence-electron chi connectivity index (χ3n) is 3.83. The monoisotopic (exact) mass is 412 g/mol. The minimum absolute atomic E-state index is 0.253. The highest BCUT2D eigenvalue weighted by Gasteiger charge is 2.50. The fourth-order valence-electron chi connectivity index (χ4n) is 2.86. The quantitative estimate of drug-likeness (QED) is 0.226. The first kappa shape index (κ1) is 21.6. The van der Waals surface area contributed by atoms with E-state index in [4.69, 9.17) is 24.5 Å². The summed E-state index contributed by atoms with van der Waals surface area (Å²) in [5, 5.41) is 6.16. The number of nitrogens with zero attached hydrogens (tertiary/aromatic N) is 4. The average molecular weight is 412 g/mol. The molecule has 1 unspecified atom stereocenters. The molecular weight excluding hydrogens is 392 g/mol. The van der Waals surface area contributed by atoms with Crippen molar-refractivity contribution in [2.45, 2.75) is 58.2 Å². The summed E-state index contributed by atoms with van der Waals surface area (Å²) in [5.74, 6) is -1.86. The van der Waals surface area contributed by atoms with Crippen LogP contribution in [0.4, 0.5) is 0 Å². The molecule has 0 radical (unpaired) electrons. The van der Waals surface area contributed by atoms with E-state index in [1.165, 1.54) is 32.1 Å². The Balaban J connectivity index is 2.48. The number of carbonyl (C=O) groups excluding carboxylic acids is 3. The Hall–Kier alpha value is -2.69. The highest BCUT2D eigenvalue weighted by Crippen LogP contribution is 2.37. The summed E-state index contributed by atoms with van der Waals surface area (Å²) in [6.07, 6.45) is -4.08. The molecule has 1 aromatic heterocycles. The van der Waals surface area contributed by atoms with Crippen molar-refractivity contribution < 1.29 is 33.3 Å². The number of azide groups is 1. The molecule has 1 aliphatic rings. The highest BCUT2D eigenvalue weighted by atomic mass is 32.1. The van der Waals surface area contributed by atoms with Crippen LogP contribution in [0.25, 0.3) is 10.4 Å². The molecule has 5 atom stereocenters. The zero-order valence-corrected chi connectivity index (χ0v) is 16.5. The van der Waals surface area contributed by atoms with Crippen LogP contribution in [0.5, 0.6) is 0 Å². The number of ether oxygens (including phenoxy) is 4. The van der Waals surface area contributed by atoms with Gasteiger partial charge in [-0.3, -0.25) is 14.4 Å². The van der Waals surface area contributed by atoms with Crippen molar-refractivity contribution >= 4 is 29.2 Å². The van der Waals surface area contributed by atoms with Crippen LogP contribution in [0.15, 0.2) is 10.5 Å². The maximum Gasteiger partial charge on any atom is 0.303 e. The molecule has 11 nitrogen and oxygen atoms in total. The van der Waals surface area contributed by atoms with E-state index in [2.05, 4.69) is 15.0 Å². The van der Waals surface area contributed by atoms with E-state index >= 15 is 0 Å². The molecule has 2 rings (SSSR count). The van der Waals surface area contributed by atoms with Crippen LogP contribution in [-0.4, -0.2) is 53.9 Å². The molecule has 0 aromatic carbocycles. The summed E-state index contributed by atoms with van der Waals surface area (Å²) in [5.41, 5.74) is 9.48. The molecule has 0 bridgehead atoms. The van der Waals surface area contributed by atoms with Gasteiger partial charge in [-0.2, -0.15) is 0 Å². The second-order valence-electron chi connectivity index (χ2n) is 6.03. The fourth-order valence-corrected chi connectivity index (χ4v) is 3.50. The summed E-state index contributed by atoms with van der Waals surface area (Å²) < 4.78 is 21.6. The van der Waals surface area contributed by atoms with Crippen molar-refractivity contribution in [3.63, 3.8) is 0 Å². The van der Waals surface area contributed by atoms with Gasteiger partial charge in [-0.05, 0) is 12.5 Å². The first-order chi connectivity index (χ1) is 13.2. The van der Waals surface area contributed by atoms with Gasteiger partial charge in [-0.15, -0.1) is 11.3 Å². The molecular formula is C16H20N4O7S. The van der Waals surface area contributed by atoms with Crippen molar-refractivity contribution in [3.05, 3.63) is 26.5 Å². The average Bonchev–Trinajstić information content (AvgIpc) is 3.02. The van der Waals surface area contributed by atoms with Crippen LogP contribution in [0, 0.1) is 6.92 Å². The lowest BCUT2D eigenvalue weighted by molar-refractivity contribution is -0.219. The molecule has 0 aliphatic carbocycles. The minimum Gasteiger partial charge on any atom is -0.463 e. The minimum atomic E-state index is -1.13. The number of thiazole rings is 1. The molecule has 0 spiro atoms. The van der Waals surface area contributed by atoms with Gasteiger partial charge >= 0.3 is 17.9 Å². The largest absolute Gasteiger partial charge is 0.463 e. The summed E-state index contributed by atoms with van der Waals surface area (Å²) >= 11 is 1.36. The van der Waals surface area contributed by atoms with Gasteiger partial charge in [-0.25, -0.2) is 4.98 Å². The first-order valence-electron chi connectivity index (χ1n) is 8.32. The van der Waals surface area contributed by atoms with E-state index in [9.17, 15) is 14.4 Å². The van der Waals surface area contributed by atoms with E-state index in [0.717, 1.165) is 5.01 Å². The molecule has 1 saturated heterocycles. The lowest BCUT2D eigenvalue weighted by Crippen LogP contribution is -2.57. The number of carbonyl (C=O) groups is 3. The van der Waals surface area contributed by atoms with Gasteiger partial charge in [0, 0.05) is 31.1 Å². The number of aryl methyl sites for hydroxylation is 1. The number of aromatic nitrogens is 1. The van der Waals surface area contributed by atoms with Crippen molar-refractivity contribution in [3.8, 4) is 0 Å². The molecule has 152 valence electrons. The lowest BCUT2D eigenvalue weighted by Gasteiger charge is -2.43. The second-order valence-corrected chi connectivity index (χ2v) is 7.09. The molecule has 0 saturated carbocycles. The van der Waals surface area contributed by atoms with Crippen molar-refractivity contribution in [1.29, 1.82) is 0 Å². The Labute approximate surface area is 164 Å². The van der Waals surface area contributed by atoms with Gasteiger partial charge in [0.15, 0.2) is 0 Å². The number of rotatable bonds is 6. The normalized spacial score (nSPS) is 26.6. The van der Waals surface area contributed by atoms with Crippen LogP contribution in [-0.2, 0) is 33.3 Å². The number of hydrogen-bond donors (Lipinski definition) is 0. The molecule has 0 amide bonds. The number of hydrogen-bond acceptors (Lipinski definition) is 10. The summed E-state index contributed by atoms with van der Waals surface area (Å²) in [6, 6.07) is -1.11. The van der Waals surface area contributed by atoms with Crippen LogP contribution >= 0.6 is 11.3 Å².